The number of aliphatic hydroxyl groups excluding tert-OH is 1. The predicted octanol–water partition coefficient (Wildman–Crippen LogP) is 2.93. The van der Waals surface area contributed by atoms with Crippen LogP contribution in [0.1, 0.15) is 19.3 Å². The summed E-state index contributed by atoms with van der Waals surface area (Å²) in [4.78, 5) is 43.4. The second-order valence-electron chi connectivity index (χ2n) is 10.5. The second-order valence-corrected chi connectivity index (χ2v) is 11.7. The van der Waals surface area contributed by atoms with E-state index in [0.717, 1.165) is 37.2 Å². The number of likely N-dealkylation sites (tertiary alicyclic amines) is 1. The number of nitrogens with one attached hydrogen (secondary N) is 3. The molecule has 0 aliphatic carbocycles. The number of ether oxygens (including phenoxy) is 1. The molecule has 0 radical (unpaired) electrons. The molecule has 4 atom stereocenters. The van der Waals surface area contributed by atoms with Crippen LogP contribution in [0.25, 0.3) is 0 Å². The summed E-state index contributed by atoms with van der Waals surface area (Å²) in [6.45, 7) is 1.57. The Labute approximate surface area is 242 Å². The molecule has 0 saturated carbocycles. The number of amides is 4. The van der Waals surface area contributed by atoms with Gasteiger partial charge in [-0.2, -0.15) is 0 Å². The molecule has 6 rings (SSSR count). The van der Waals surface area contributed by atoms with E-state index in [9.17, 15) is 14.4 Å². The smallest absolute Gasteiger partial charge is 0.326 e. The van der Waals surface area contributed by atoms with Crippen LogP contribution in [-0.4, -0.2) is 71.6 Å². The molecule has 2 aromatic carbocycles. The van der Waals surface area contributed by atoms with Crippen molar-refractivity contribution in [1.29, 1.82) is 0 Å². The number of carbonyl (C=O) groups is 3. The van der Waals surface area contributed by atoms with Gasteiger partial charge in [0.1, 0.15) is 11.5 Å². The molecule has 4 aliphatic heterocycles. The molecule has 0 bridgehead atoms. The molecular weight excluding hydrogens is 542 g/mol. The Morgan fingerprint density at radius 3 is 2.66 bits per heavy atom. The summed E-state index contributed by atoms with van der Waals surface area (Å²) >= 11 is 1.46. The van der Waals surface area contributed by atoms with Gasteiger partial charge < -0.3 is 30.7 Å². The number of piperidine rings is 2. The molecule has 11 heteroatoms. The first kappa shape index (κ1) is 27.4. The van der Waals surface area contributed by atoms with Crippen molar-refractivity contribution in [3.63, 3.8) is 0 Å². The van der Waals surface area contributed by atoms with E-state index in [1.165, 1.54) is 23.9 Å². The summed E-state index contributed by atoms with van der Waals surface area (Å²) in [5, 5.41) is 18.6. The zero-order valence-corrected chi connectivity index (χ0v) is 23.3. The number of carbonyl (C=O) groups excluding carboxylic acids is 3. The molecule has 2 aromatic rings. The van der Waals surface area contributed by atoms with Gasteiger partial charge in [0.05, 0.1) is 22.9 Å². The normalized spacial score (nSPS) is 25.6. The number of aliphatic hydroxyl groups is 1. The molecule has 3 unspecified atom stereocenters. The van der Waals surface area contributed by atoms with Gasteiger partial charge in [-0.15, -0.1) is 0 Å². The van der Waals surface area contributed by atoms with Crippen molar-refractivity contribution in [2.45, 2.75) is 36.7 Å². The number of thioether (sulfide) groups is 1. The third-order valence-electron chi connectivity index (χ3n) is 7.88. The molecule has 4 amide bonds. The largest absolute Gasteiger partial charge is 0.457 e. The quantitative estimate of drug-likeness (QED) is 0.375. The number of rotatable bonds is 7. The van der Waals surface area contributed by atoms with Gasteiger partial charge in [0.15, 0.2) is 0 Å². The van der Waals surface area contributed by atoms with Crippen LogP contribution >= 0.6 is 11.8 Å². The maximum absolute atomic E-state index is 13.5. The minimum Gasteiger partial charge on any atom is -0.457 e. The van der Waals surface area contributed by atoms with Crippen molar-refractivity contribution in [2.75, 3.05) is 31.1 Å². The first-order valence-corrected chi connectivity index (χ1v) is 14.8. The highest BCUT2D eigenvalue weighted by molar-refractivity contribution is 8.04. The van der Waals surface area contributed by atoms with Crippen LogP contribution in [0, 0.1) is 5.92 Å². The van der Waals surface area contributed by atoms with Gasteiger partial charge in [-0.25, -0.2) is 4.79 Å². The first-order chi connectivity index (χ1) is 20.0. The lowest BCUT2D eigenvalue weighted by molar-refractivity contribution is -0.128. The number of para-hydroxylation sites is 1. The number of hydrogen-bond acceptors (Lipinski definition) is 7. The van der Waals surface area contributed by atoms with Gasteiger partial charge in [-0.1, -0.05) is 36.0 Å². The average molecular weight is 576 g/mol. The lowest BCUT2D eigenvalue weighted by atomic mass is 9.86. The van der Waals surface area contributed by atoms with E-state index in [1.807, 2.05) is 54.6 Å². The van der Waals surface area contributed by atoms with E-state index in [-0.39, 0.29) is 47.8 Å². The fourth-order valence-corrected chi connectivity index (χ4v) is 7.43. The van der Waals surface area contributed by atoms with Crippen LogP contribution in [0.2, 0.25) is 0 Å². The SMILES string of the molecule is O=C(N[C@@H]1CCCN(C(=O)/C=C/CO)C1)C1=C2NC(=O)N(c3ccc(Oc4ccccc4)cc3)C3CCNC(S1)C23. The Bertz CT molecular complexity index is 1370. The van der Waals surface area contributed by atoms with Crippen molar-refractivity contribution in [3.05, 3.63) is 77.4 Å². The standard InChI is InChI=1S/C30H33N5O5S/c36-17-5-9-24(37)34-16-4-6-19(18-34)32-28(38)27-26-25-23(14-15-31-29(25)41-27)35(30(39)33-26)20-10-12-22(13-11-20)40-21-7-2-1-3-8-21/h1-3,5,7-13,19,23,25,29,31,36H,4,6,14-18H2,(H,32,38)(H,33,39)/b9-5+/t19-,23?,25?,29?/m1/s1. The monoisotopic (exact) mass is 575 g/mol. The molecule has 10 nitrogen and oxygen atoms in total. The van der Waals surface area contributed by atoms with E-state index < -0.39 is 0 Å². The number of anilines is 1. The minimum atomic E-state index is -0.253. The molecule has 214 valence electrons. The van der Waals surface area contributed by atoms with Gasteiger partial charge in [0, 0.05) is 42.5 Å². The van der Waals surface area contributed by atoms with Crippen molar-refractivity contribution in [3.8, 4) is 11.5 Å². The van der Waals surface area contributed by atoms with Crippen LogP contribution in [0.3, 0.4) is 0 Å². The number of nitrogens with zero attached hydrogens (tertiary/aromatic N) is 2. The van der Waals surface area contributed by atoms with E-state index in [2.05, 4.69) is 16.0 Å². The molecule has 0 spiro atoms. The number of urea groups is 1. The Morgan fingerprint density at radius 2 is 1.88 bits per heavy atom. The van der Waals surface area contributed by atoms with E-state index >= 15 is 0 Å². The van der Waals surface area contributed by atoms with Gasteiger partial charge in [-0.3, -0.25) is 14.5 Å². The average Bonchev–Trinajstić information content (AvgIpc) is 3.37. The van der Waals surface area contributed by atoms with Crippen molar-refractivity contribution in [2.24, 2.45) is 5.92 Å². The Hall–Kier alpha value is -3.80. The summed E-state index contributed by atoms with van der Waals surface area (Å²) in [6.07, 6.45) is 5.09. The van der Waals surface area contributed by atoms with Gasteiger partial charge in [0.2, 0.25) is 5.91 Å². The third-order valence-corrected chi connectivity index (χ3v) is 9.23. The summed E-state index contributed by atoms with van der Waals surface area (Å²) in [7, 11) is 0. The molecule has 3 fully saturated rings. The summed E-state index contributed by atoms with van der Waals surface area (Å²) < 4.78 is 5.92. The minimum absolute atomic E-state index is 0.0265. The predicted molar refractivity (Wildman–Crippen MR) is 156 cm³/mol. The fraction of sp³-hybridized carbons (Fsp3) is 0.367. The van der Waals surface area contributed by atoms with E-state index in [1.54, 1.807) is 9.80 Å². The molecule has 4 heterocycles. The van der Waals surface area contributed by atoms with Gasteiger partial charge >= 0.3 is 6.03 Å². The zero-order chi connectivity index (χ0) is 28.3. The Kier molecular flexibility index (Phi) is 8.00. The van der Waals surface area contributed by atoms with Crippen LogP contribution in [-0.2, 0) is 9.59 Å². The van der Waals surface area contributed by atoms with Crippen LogP contribution in [0.15, 0.2) is 77.4 Å². The van der Waals surface area contributed by atoms with Crippen LogP contribution in [0.5, 0.6) is 11.5 Å². The van der Waals surface area contributed by atoms with Crippen molar-refractivity contribution >= 4 is 35.3 Å². The molecule has 3 saturated heterocycles. The maximum Gasteiger partial charge on any atom is 0.326 e. The summed E-state index contributed by atoms with van der Waals surface area (Å²) in [5.41, 5.74) is 1.45. The topological polar surface area (TPSA) is 123 Å². The second kappa shape index (κ2) is 12.0. The molecule has 4 aliphatic rings. The van der Waals surface area contributed by atoms with Gasteiger partial charge in [-0.05, 0) is 62.2 Å². The Morgan fingerprint density at radius 1 is 1.10 bits per heavy atom. The summed E-state index contributed by atoms with van der Waals surface area (Å²) in [5.74, 6) is 0.977. The fourth-order valence-electron chi connectivity index (χ4n) is 6.03. The van der Waals surface area contributed by atoms with Crippen molar-refractivity contribution < 1.29 is 24.2 Å². The number of benzene rings is 2. The lowest BCUT2D eigenvalue weighted by Crippen LogP contribution is -2.62. The van der Waals surface area contributed by atoms with Crippen molar-refractivity contribution in [1.82, 2.24) is 20.9 Å². The van der Waals surface area contributed by atoms with E-state index in [0.29, 0.717) is 29.4 Å². The van der Waals surface area contributed by atoms with Crippen LogP contribution in [0.4, 0.5) is 10.5 Å². The molecule has 41 heavy (non-hydrogen) atoms. The molecule has 4 N–H and O–H groups in total. The third kappa shape index (κ3) is 5.70. The van der Waals surface area contributed by atoms with E-state index in [4.69, 9.17) is 9.84 Å². The molecular formula is C30H33N5O5S. The lowest BCUT2D eigenvalue weighted by Gasteiger charge is -2.45. The highest BCUT2D eigenvalue weighted by atomic mass is 32.2. The highest BCUT2D eigenvalue weighted by Crippen LogP contribution is 2.48. The van der Waals surface area contributed by atoms with Crippen LogP contribution < -0.4 is 25.6 Å². The van der Waals surface area contributed by atoms with Gasteiger partial charge in [0.25, 0.3) is 5.91 Å². The summed E-state index contributed by atoms with van der Waals surface area (Å²) in [6, 6.07) is 16.5. The zero-order valence-electron chi connectivity index (χ0n) is 22.5. The maximum atomic E-state index is 13.5. The Balaban J connectivity index is 1.17. The molecule has 0 aromatic heterocycles. The highest BCUT2D eigenvalue weighted by Gasteiger charge is 2.51. The first-order valence-electron chi connectivity index (χ1n) is 14.0. The number of hydrogen-bond donors (Lipinski definition) is 4.